The molecule has 0 bridgehead atoms. The Morgan fingerprint density at radius 2 is 1.58 bits per heavy atom. The number of esters is 2. The number of amides is 1. The molecule has 0 unspecified atom stereocenters. The first-order valence-electron chi connectivity index (χ1n) is 7.05. The van der Waals surface area contributed by atoms with Gasteiger partial charge in [-0.2, -0.15) is 0 Å². The molecule has 1 amide bonds. The third kappa shape index (κ3) is 5.38. The van der Waals surface area contributed by atoms with Gasteiger partial charge in [0.15, 0.2) is 11.5 Å². The average molecular weight is 337 g/mol. The van der Waals surface area contributed by atoms with E-state index < -0.39 is 29.4 Å². The quantitative estimate of drug-likeness (QED) is 0.588. The summed E-state index contributed by atoms with van der Waals surface area (Å²) in [6.45, 7) is 4.96. The van der Waals surface area contributed by atoms with Crippen molar-refractivity contribution in [3.63, 3.8) is 0 Å². The van der Waals surface area contributed by atoms with E-state index in [2.05, 4.69) is 5.32 Å². The van der Waals surface area contributed by atoms with Crippen LogP contribution in [0.5, 0.6) is 11.5 Å². The van der Waals surface area contributed by atoms with Gasteiger partial charge in [-0.15, -0.1) is 0 Å². The van der Waals surface area contributed by atoms with Gasteiger partial charge >= 0.3 is 17.9 Å². The van der Waals surface area contributed by atoms with Gasteiger partial charge in [0.1, 0.15) is 5.54 Å². The Bertz CT molecular complexity index is 683. The number of carbonyl (C=O) groups is 4. The third-order valence-corrected chi connectivity index (χ3v) is 3.00. The molecule has 0 aliphatic heterocycles. The van der Waals surface area contributed by atoms with Gasteiger partial charge in [-0.1, -0.05) is 6.07 Å². The van der Waals surface area contributed by atoms with E-state index in [4.69, 9.17) is 9.47 Å². The first-order chi connectivity index (χ1) is 11.0. The van der Waals surface area contributed by atoms with Crippen LogP contribution in [0.25, 0.3) is 0 Å². The van der Waals surface area contributed by atoms with Crippen LogP contribution in [0.15, 0.2) is 18.2 Å². The van der Waals surface area contributed by atoms with Gasteiger partial charge in [0.2, 0.25) is 5.91 Å². The largest absolute Gasteiger partial charge is 0.480 e. The lowest BCUT2D eigenvalue weighted by Crippen LogP contribution is -2.53. The normalized spacial score (nSPS) is 12.7. The van der Waals surface area contributed by atoms with Crippen LogP contribution in [-0.2, 0) is 25.6 Å². The second kappa shape index (κ2) is 7.58. The van der Waals surface area contributed by atoms with Gasteiger partial charge in [0.25, 0.3) is 0 Å². The number of carboxylic acids is 1. The van der Waals surface area contributed by atoms with Crippen molar-refractivity contribution in [2.24, 2.45) is 0 Å². The molecule has 8 heteroatoms. The van der Waals surface area contributed by atoms with Crippen LogP contribution in [0.3, 0.4) is 0 Å². The van der Waals surface area contributed by atoms with Crippen molar-refractivity contribution >= 4 is 23.8 Å². The molecule has 0 radical (unpaired) electrons. The number of carbonyl (C=O) groups excluding carboxylic acids is 3. The minimum absolute atomic E-state index is 0.00855. The van der Waals surface area contributed by atoms with Crippen LogP contribution in [0.1, 0.15) is 33.3 Å². The van der Waals surface area contributed by atoms with Crippen LogP contribution in [-0.4, -0.2) is 34.5 Å². The zero-order valence-corrected chi connectivity index (χ0v) is 13.8. The Labute approximate surface area is 138 Å². The number of hydrogen-bond acceptors (Lipinski definition) is 6. The van der Waals surface area contributed by atoms with E-state index in [1.165, 1.54) is 45.9 Å². The maximum atomic E-state index is 11.5. The highest BCUT2D eigenvalue weighted by molar-refractivity contribution is 5.86. The molecule has 1 aromatic carbocycles. The van der Waals surface area contributed by atoms with Gasteiger partial charge in [-0.3, -0.25) is 14.4 Å². The fourth-order valence-corrected chi connectivity index (χ4v) is 2.11. The predicted octanol–water partition coefficient (Wildman–Crippen LogP) is 1.06. The highest BCUT2D eigenvalue weighted by Gasteiger charge is 2.34. The first-order valence-corrected chi connectivity index (χ1v) is 7.05. The Kier molecular flexibility index (Phi) is 6.05. The number of rotatable bonds is 6. The van der Waals surface area contributed by atoms with Crippen molar-refractivity contribution in [3.05, 3.63) is 23.8 Å². The smallest absolute Gasteiger partial charge is 0.329 e. The van der Waals surface area contributed by atoms with Gasteiger partial charge in [0, 0.05) is 27.2 Å². The minimum Gasteiger partial charge on any atom is -0.480 e. The molecule has 1 rings (SSSR count). The van der Waals surface area contributed by atoms with Crippen LogP contribution in [0.4, 0.5) is 0 Å². The molecular formula is C16H19NO7. The summed E-state index contributed by atoms with van der Waals surface area (Å²) >= 11 is 0. The van der Waals surface area contributed by atoms with Crippen molar-refractivity contribution in [1.82, 2.24) is 5.32 Å². The van der Waals surface area contributed by atoms with Crippen molar-refractivity contribution in [1.29, 1.82) is 0 Å². The van der Waals surface area contributed by atoms with Crippen LogP contribution >= 0.6 is 0 Å². The molecule has 0 aromatic heterocycles. The molecular weight excluding hydrogens is 318 g/mol. The molecule has 0 aliphatic carbocycles. The van der Waals surface area contributed by atoms with Crippen molar-refractivity contribution in [3.8, 4) is 11.5 Å². The summed E-state index contributed by atoms with van der Waals surface area (Å²) in [6, 6.07) is 4.31. The zero-order valence-electron chi connectivity index (χ0n) is 13.8. The molecule has 0 fully saturated rings. The van der Waals surface area contributed by atoms with E-state index in [1.807, 2.05) is 0 Å². The molecule has 0 heterocycles. The van der Waals surface area contributed by atoms with E-state index in [0.717, 1.165) is 0 Å². The molecule has 2 N–H and O–H groups in total. The summed E-state index contributed by atoms with van der Waals surface area (Å²) in [4.78, 5) is 45.0. The first kappa shape index (κ1) is 19.1. The van der Waals surface area contributed by atoms with Crippen LogP contribution in [0, 0.1) is 0 Å². The van der Waals surface area contributed by atoms with E-state index >= 15 is 0 Å². The summed E-state index contributed by atoms with van der Waals surface area (Å²) in [5.74, 6) is -2.88. The maximum Gasteiger partial charge on any atom is 0.329 e. The number of hydrogen-bond donors (Lipinski definition) is 2. The lowest BCUT2D eigenvalue weighted by atomic mass is 9.92. The molecule has 0 aliphatic rings. The fraction of sp³-hybridized carbons (Fsp3) is 0.375. The standard InChI is InChI=1S/C16H19NO7/c1-9(18)17-16(4,15(21)22)8-12-5-6-13(23-10(2)19)14(7-12)24-11(3)20/h5-7H,8H2,1-4H3,(H,17,18)(H,21,22)/t16-/m0/s1. The lowest BCUT2D eigenvalue weighted by molar-refractivity contribution is -0.146. The van der Waals surface area contributed by atoms with Gasteiger partial charge in [-0.25, -0.2) is 4.79 Å². The Morgan fingerprint density at radius 1 is 1.04 bits per heavy atom. The highest BCUT2D eigenvalue weighted by Crippen LogP contribution is 2.30. The molecule has 1 atom stereocenters. The number of nitrogens with one attached hydrogen (secondary N) is 1. The van der Waals surface area contributed by atoms with Crippen molar-refractivity contribution in [2.45, 2.75) is 39.7 Å². The second-order valence-electron chi connectivity index (χ2n) is 5.46. The lowest BCUT2D eigenvalue weighted by Gasteiger charge is -2.26. The van der Waals surface area contributed by atoms with Gasteiger partial charge < -0.3 is 19.9 Å². The fourth-order valence-electron chi connectivity index (χ4n) is 2.11. The number of carboxylic acid groups (broad SMARTS) is 1. The molecule has 0 saturated carbocycles. The molecule has 0 spiro atoms. The van der Waals surface area contributed by atoms with E-state index in [0.29, 0.717) is 5.56 Å². The number of aliphatic carboxylic acids is 1. The summed E-state index contributed by atoms with van der Waals surface area (Å²) < 4.78 is 9.93. The average Bonchev–Trinajstić information content (AvgIpc) is 2.39. The second-order valence-corrected chi connectivity index (χ2v) is 5.46. The number of benzene rings is 1. The summed E-state index contributed by atoms with van der Waals surface area (Å²) in [6.07, 6.45) is -0.0590. The van der Waals surface area contributed by atoms with Crippen LogP contribution in [0.2, 0.25) is 0 Å². The Hall–Kier alpha value is -2.90. The molecule has 1 aromatic rings. The SMILES string of the molecule is CC(=O)N[C@@](C)(Cc1ccc(OC(C)=O)c(OC(C)=O)c1)C(=O)O. The summed E-state index contributed by atoms with van der Waals surface area (Å²) in [5, 5.41) is 11.7. The van der Waals surface area contributed by atoms with Gasteiger partial charge in [-0.05, 0) is 24.6 Å². The minimum atomic E-state index is -1.54. The predicted molar refractivity (Wildman–Crippen MR) is 82.6 cm³/mol. The van der Waals surface area contributed by atoms with Crippen molar-refractivity contribution in [2.75, 3.05) is 0 Å². The maximum absolute atomic E-state index is 11.5. The van der Waals surface area contributed by atoms with Gasteiger partial charge in [0.05, 0.1) is 0 Å². The highest BCUT2D eigenvalue weighted by atomic mass is 16.6. The molecule has 130 valence electrons. The van der Waals surface area contributed by atoms with Crippen molar-refractivity contribution < 1.29 is 33.8 Å². The van der Waals surface area contributed by atoms with E-state index in [-0.39, 0.29) is 17.9 Å². The topological polar surface area (TPSA) is 119 Å². The van der Waals surface area contributed by atoms with E-state index in [9.17, 15) is 24.3 Å². The molecule has 24 heavy (non-hydrogen) atoms. The third-order valence-electron chi connectivity index (χ3n) is 3.00. The monoisotopic (exact) mass is 337 g/mol. The number of ether oxygens (including phenoxy) is 2. The van der Waals surface area contributed by atoms with E-state index in [1.54, 1.807) is 0 Å². The Balaban J connectivity index is 3.19. The summed E-state index contributed by atoms with van der Waals surface area (Å²) in [5.41, 5.74) is -1.07. The van der Waals surface area contributed by atoms with Crippen LogP contribution < -0.4 is 14.8 Å². The molecule has 0 saturated heterocycles. The Morgan fingerprint density at radius 3 is 2.04 bits per heavy atom. The summed E-state index contributed by atoms with van der Waals surface area (Å²) in [7, 11) is 0. The molecule has 8 nitrogen and oxygen atoms in total. The zero-order chi connectivity index (χ0) is 18.5.